The van der Waals surface area contributed by atoms with Gasteiger partial charge in [-0.05, 0) is 41.8 Å². The Morgan fingerprint density at radius 3 is 1.86 bits per heavy atom. The number of halogens is 2. The van der Waals surface area contributed by atoms with Crippen LogP contribution in [0.15, 0.2) is 48.5 Å². The summed E-state index contributed by atoms with van der Waals surface area (Å²) < 4.78 is 0. The van der Waals surface area contributed by atoms with Gasteiger partial charge in [0, 0.05) is 10.0 Å². The molecule has 0 aliphatic rings. The second-order valence-corrected chi connectivity index (χ2v) is 5.48. The van der Waals surface area contributed by atoms with Crippen LogP contribution in [-0.4, -0.2) is 16.9 Å². The molecule has 0 amide bonds. The molecule has 0 saturated heterocycles. The van der Waals surface area contributed by atoms with Gasteiger partial charge in [-0.3, -0.25) is 4.79 Å². The van der Waals surface area contributed by atoms with Crippen molar-refractivity contribution in [3.63, 3.8) is 0 Å². The Kier molecular flexibility index (Phi) is 4.99. The van der Waals surface area contributed by atoms with E-state index < -0.39 is 17.7 Å². The van der Waals surface area contributed by atoms with E-state index in [1.165, 1.54) is 0 Å². The molecule has 2 rings (SSSR count). The molecular formula is C16H12Cl2O3. The van der Waals surface area contributed by atoms with Crippen molar-refractivity contribution in [1.29, 1.82) is 0 Å². The lowest BCUT2D eigenvalue weighted by atomic mass is 9.88. The monoisotopic (exact) mass is 322 g/mol. The smallest absolute Gasteiger partial charge is 0.372 e. The van der Waals surface area contributed by atoms with Crippen LogP contribution < -0.4 is 0 Å². The highest BCUT2D eigenvalue weighted by molar-refractivity contribution is 6.35. The Bertz CT molecular complexity index is 648. The summed E-state index contributed by atoms with van der Waals surface area (Å²) in [5.74, 6) is -3.03. The summed E-state index contributed by atoms with van der Waals surface area (Å²) in [6.07, 6.45) is 0.296. The van der Waals surface area contributed by atoms with E-state index in [1.54, 1.807) is 48.5 Å². The zero-order valence-electron chi connectivity index (χ0n) is 10.9. The maximum atomic E-state index is 11.9. The molecule has 21 heavy (non-hydrogen) atoms. The molecule has 3 nitrogen and oxygen atoms in total. The summed E-state index contributed by atoms with van der Waals surface area (Å²) in [6.45, 7) is 0. The molecule has 0 aliphatic carbocycles. The normalized spacial score (nSPS) is 11.9. The summed E-state index contributed by atoms with van der Waals surface area (Å²) in [7, 11) is 0. The molecule has 5 heteroatoms. The third-order valence-corrected chi connectivity index (χ3v) is 3.66. The van der Waals surface area contributed by atoms with Crippen molar-refractivity contribution in [3.05, 3.63) is 69.7 Å². The Hall–Kier alpha value is -1.84. The van der Waals surface area contributed by atoms with Crippen molar-refractivity contribution < 1.29 is 14.7 Å². The van der Waals surface area contributed by atoms with E-state index in [0.717, 1.165) is 5.56 Å². The number of hydrogen-bond donors (Lipinski definition) is 1. The van der Waals surface area contributed by atoms with E-state index in [0.29, 0.717) is 22.0 Å². The minimum atomic E-state index is -1.44. The number of carbonyl (C=O) groups excluding carboxylic acids is 1. The first-order chi connectivity index (χ1) is 9.97. The van der Waals surface area contributed by atoms with Gasteiger partial charge in [0.25, 0.3) is 0 Å². The lowest BCUT2D eigenvalue weighted by Crippen LogP contribution is -2.23. The number of carboxylic acid groups (broad SMARTS) is 1. The first kappa shape index (κ1) is 15.5. The van der Waals surface area contributed by atoms with Crippen molar-refractivity contribution >= 4 is 35.0 Å². The Labute approximate surface area is 132 Å². The fourth-order valence-corrected chi connectivity index (χ4v) is 2.31. The first-order valence-electron chi connectivity index (χ1n) is 6.24. The topological polar surface area (TPSA) is 54.4 Å². The molecule has 0 bridgehead atoms. The van der Waals surface area contributed by atoms with Crippen LogP contribution in [0.25, 0.3) is 0 Å². The van der Waals surface area contributed by atoms with Gasteiger partial charge in [-0.1, -0.05) is 47.5 Å². The number of ketones is 1. The fraction of sp³-hybridized carbons (Fsp3) is 0.125. The van der Waals surface area contributed by atoms with Crippen LogP contribution in [0, 0.1) is 0 Å². The molecule has 0 aliphatic heterocycles. The molecule has 1 atom stereocenters. The third-order valence-electron chi connectivity index (χ3n) is 3.15. The van der Waals surface area contributed by atoms with E-state index in [4.69, 9.17) is 28.3 Å². The number of rotatable bonds is 5. The SMILES string of the molecule is O=C(O)C(=O)C(Cc1ccc(Cl)cc1)c1ccc(Cl)cc1. The molecule has 0 aromatic heterocycles. The predicted molar refractivity (Wildman–Crippen MR) is 82.0 cm³/mol. The van der Waals surface area contributed by atoms with Gasteiger partial charge in [-0.25, -0.2) is 4.79 Å². The van der Waals surface area contributed by atoms with Crippen molar-refractivity contribution in [2.75, 3.05) is 0 Å². The van der Waals surface area contributed by atoms with Crippen molar-refractivity contribution in [2.45, 2.75) is 12.3 Å². The predicted octanol–water partition coefficient (Wildman–Crippen LogP) is 3.97. The van der Waals surface area contributed by atoms with Gasteiger partial charge in [-0.15, -0.1) is 0 Å². The third kappa shape index (κ3) is 4.06. The molecule has 0 saturated carbocycles. The average molecular weight is 323 g/mol. The van der Waals surface area contributed by atoms with Gasteiger partial charge in [0.2, 0.25) is 5.78 Å². The molecule has 108 valence electrons. The van der Waals surface area contributed by atoms with Crippen LogP contribution in [0.2, 0.25) is 10.0 Å². The molecule has 2 aromatic rings. The van der Waals surface area contributed by atoms with Crippen LogP contribution in [0.3, 0.4) is 0 Å². The number of hydrogen-bond acceptors (Lipinski definition) is 2. The van der Waals surface area contributed by atoms with Crippen LogP contribution in [0.5, 0.6) is 0 Å². The zero-order chi connectivity index (χ0) is 15.4. The Balaban J connectivity index is 2.32. The second kappa shape index (κ2) is 6.74. The summed E-state index contributed by atoms with van der Waals surface area (Å²) in [6, 6.07) is 13.6. The van der Waals surface area contributed by atoms with Crippen molar-refractivity contribution in [1.82, 2.24) is 0 Å². The van der Waals surface area contributed by atoms with Gasteiger partial charge in [-0.2, -0.15) is 0 Å². The maximum Gasteiger partial charge on any atom is 0.372 e. The zero-order valence-corrected chi connectivity index (χ0v) is 12.4. The second-order valence-electron chi connectivity index (χ2n) is 4.60. The molecule has 2 aromatic carbocycles. The summed E-state index contributed by atoms with van der Waals surface area (Å²) in [5.41, 5.74) is 1.47. The van der Waals surface area contributed by atoms with Crippen molar-refractivity contribution in [2.24, 2.45) is 0 Å². The van der Waals surface area contributed by atoms with Gasteiger partial charge in [0.1, 0.15) is 0 Å². The van der Waals surface area contributed by atoms with E-state index in [-0.39, 0.29) is 0 Å². The molecule has 1 N–H and O–H groups in total. The van der Waals surface area contributed by atoms with Gasteiger partial charge in [0.15, 0.2) is 0 Å². The highest BCUT2D eigenvalue weighted by Crippen LogP contribution is 2.24. The van der Waals surface area contributed by atoms with E-state index in [9.17, 15) is 9.59 Å². The standard InChI is InChI=1S/C16H12Cl2O3/c17-12-5-1-10(2-6-12)9-14(15(19)16(20)21)11-3-7-13(18)8-4-11/h1-8,14H,9H2,(H,20,21). The highest BCUT2D eigenvalue weighted by Gasteiger charge is 2.26. The first-order valence-corrected chi connectivity index (χ1v) is 7.00. The number of benzene rings is 2. The minimum absolute atomic E-state index is 0.296. The van der Waals surface area contributed by atoms with Gasteiger partial charge < -0.3 is 5.11 Å². The largest absolute Gasteiger partial charge is 0.475 e. The molecular weight excluding hydrogens is 311 g/mol. The van der Waals surface area contributed by atoms with Crippen LogP contribution in [0.4, 0.5) is 0 Å². The summed E-state index contributed by atoms with van der Waals surface area (Å²) in [4.78, 5) is 23.0. The maximum absolute atomic E-state index is 11.9. The molecule has 1 unspecified atom stereocenters. The summed E-state index contributed by atoms with van der Waals surface area (Å²) >= 11 is 11.6. The lowest BCUT2D eigenvalue weighted by molar-refractivity contribution is -0.149. The van der Waals surface area contributed by atoms with Gasteiger partial charge >= 0.3 is 5.97 Å². The van der Waals surface area contributed by atoms with Crippen LogP contribution in [-0.2, 0) is 16.0 Å². The highest BCUT2D eigenvalue weighted by atomic mass is 35.5. The molecule has 0 radical (unpaired) electrons. The van der Waals surface area contributed by atoms with Crippen LogP contribution >= 0.6 is 23.2 Å². The number of carboxylic acids is 1. The van der Waals surface area contributed by atoms with E-state index in [1.807, 2.05) is 0 Å². The quantitative estimate of drug-likeness (QED) is 0.847. The lowest BCUT2D eigenvalue weighted by Gasteiger charge is -2.14. The molecule has 0 fully saturated rings. The Morgan fingerprint density at radius 1 is 0.905 bits per heavy atom. The molecule has 0 spiro atoms. The summed E-state index contributed by atoms with van der Waals surface area (Å²) in [5, 5.41) is 10.1. The number of carbonyl (C=O) groups is 2. The number of aliphatic carboxylic acids is 1. The van der Waals surface area contributed by atoms with E-state index in [2.05, 4.69) is 0 Å². The Morgan fingerprint density at radius 2 is 1.38 bits per heavy atom. The fourth-order valence-electron chi connectivity index (χ4n) is 2.06. The van der Waals surface area contributed by atoms with Crippen LogP contribution in [0.1, 0.15) is 17.0 Å². The van der Waals surface area contributed by atoms with Gasteiger partial charge in [0.05, 0.1) is 5.92 Å². The number of Topliss-reactive ketones (excluding diaryl/α,β-unsaturated/α-hetero) is 1. The molecule has 0 heterocycles. The minimum Gasteiger partial charge on any atom is -0.475 e. The van der Waals surface area contributed by atoms with Crippen molar-refractivity contribution in [3.8, 4) is 0 Å². The van der Waals surface area contributed by atoms with E-state index >= 15 is 0 Å². The average Bonchev–Trinajstić information content (AvgIpc) is 2.47.